The number of rotatable bonds is 5. The van der Waals surface area contributed by atoms with Crippen molar-refractivity contribution >= 4 is 52.4 Å². The number of carbonyl (C=O) groups is 2. The fourth-order valence-electron chi connectivity index (χ4n) is 3.17. The first-order valence-electron chi connectivity index (χ1n) is 8.35. The minimum atomic E-state index is -1.15. The summed E-state index contributed by atoms with van der Waals surface area (Å²) < 4.78 is 0. The molecule has 0 aliphatic carbocycles. The average Bonchev–Trinajstić information content (AvgIpc) is 2.89. The fraction of sp³-hybridized carbons (Fsp3) is 0.412. The molecule has 0 aromatic carbocycles. The molecule has 1 aliphatic heterocycles. The summed E-state index contributed by atoms with van der Waals surface area (Å²) in [5, 5.41) is 9.65. The zero-order valence-corrected chi connectivity index (χ0v) is 16.7. The van der Waals surface area contributed by atoms with Crippen LogP contribution in [0.4, 0.5) is 5.82 Å². The van der Waals surface area contributed by atoms with Gasteiger partial charge in [-0.3, -0.25) is 4.79 Å². The third kappa shape index (κ3) is 4.36. The van der Waals surface area contributed by atoms with Gasteiger partial charge in [0.25, 0.3) is 0 Å². The molecule has 1 aliphatic rings. The third-order valence-corrected chi connectivity index (χ3v) is 5.77. The summed E-state index contributed by atoms with van der Waals surface area (Å²) in [6.45, 7) is 3.05. The van der Waals surface area contributed by atoms with E-state index in [0.717, 1.165) is 12.8 Å². The predicted octanol–water partition coefficient (Wildman–Crippen LogP) is 4.26. The largest absolute Gasteiger partial charge is 0.477 e. The lowest BCUT2D eigenvalue weighted by molar-refractivity contribution is 0.0690. The molecule has 0 amide bonds. The zero-order valence-electron chi connectivity index (χ0n) is 14.4. The number of hydrogen-bond donors (Lipinski definition) is 2. The van der Waals surface area contributed by atoms with Crippen molar-refractivity contribution in [1.29, 1.82) is 0 Å². The van der Waals surface area contributed by atoms with Gasteiger partial charge in [0, 0.05) is 31.3 Å². The lowest BCUT2D eigenvalue weighted by Crippen LogP contribution is -2.35. The smallest absolute Gasteiger partial charge is 0.354 e. The molecule has 3 rings (SSSR count). The maximum atomic E-state index is 12.5. The van der Waals surface area contributed by atoms with Gasteiger partial charge in [-0.2, -0.15) is 0 Å². The number of carboxylic acids is 1. The second kappa shape index (κ2) is 8.04. The molecule has 2 N–H and O–H groups in total. The first-order chi connectivity index (χ1) is 12.8. The summed E-state index contributed by atoms with van der Waals surface area (Å²) >= 11 is 18.0. The van der Waals surface area contributed by atoms with E-state index < -0.39 is 5.97 Å². The number of halogens is 3. The average molecular weight is 432 g/mol. The second-order valence-corrected chi connectivity index (χ2v) is 7.59. The number of nitrogens with zero attached hydrogens (tertiary/aromatic N) is 3. The van der Waals surface area contributed by atoms with Gasteiger partial charge in [-0.05, 0) is 37.3 Å². The van der Waals surface area contributed by atoms with Crippen LogP contribution in [-0.4, -0.2) is 44.9 Å². The number of carbonyl (C=O) groups excluding carboxylic acids is 1. The van der Waals surface area contributed by atoms with E-state index in [1.165, 1.54) is 6.07 Å². The van der Waals surface area contributed by atoms with E-state index in [4.69, 9.17) is 39.9 Å². The molecule has 2 aromatic heterocycles. The van der Waals surface area contributed by atoms with Crippen molar-refractivity contribution in [2.24, 2.45) is 5.92 Å². The van der Waals surface area contributed by atoms with E-state index in [-0.39, 0.29) is 27.7 Å². The van der Waals surface area contributed by atoms with Crippen LogP contribution in [0.3, 0.4) is 0 Å². The number of aromatic amines is 1. The molecular weight excluding hydrogens is 415 g/mol. The molecule has 144 valence electrons. The van der Waals surface area contributed by atoms with Crippen LogP contribution in [0.15, 0.2) is 6.07 Å². The monoisotopic (exact) mass is 430 g/mol. The summed E-state index contributed by atoms with van der Waals surface area (Å²) in [7, 11) is 0. The van der Waals surface area contributed by atoms with Gasteiger partial charge in [0.05, 0.1) is 10.0 Å². The molecule has 0 bridgehead atoms. The molecule has 2 aromatic rings. The van der Waals surface area contributed by atoms with Gasteiger partial charge in [-0.25, -0.2) is 14.8 Å². The Morgan fingerprint density at radius 1 is 1.22 bits per heavy atom. The number of H-pyrrole nitrogens is 1. The first-order valence-corrected chi connectivity index (χ1v) is 9.49. The second-order valence-electron chi connectivity index (χ2n) is 6.50. The number of aryl methyl sites for hydroxylation is 1. The Hall–Kier alpha value is -1.83. The SMILES string of the molecule is Cc1[nH]c(C(=O)CC2CCN(c3cc(C(=O)O)nc(Cl)n3)CC2)c(Cl)c1Cl. The van der Waals surface area contributed by atoms with Crippen molar-refractivity contribution in [3.63, 3.8) is 0 Å². The molecule has 27 heavy (non-hydrogen) atoms. The molecule has 7 nitrogen and oxygen atoms in total. The Morgan fingerprint density at radius 3 is 2.44 bits per heavy atom. The van der Waals surface area contributed by atoms with Gasteiger partial charge >= 0.3 is 5.97 Å². The summed E-state index contributed by atoms with van der Waals surface area (Å²) in [6.07, 6.45) is 1.90. The highest BCUT2D eigenvalue weighted by atomic mass is 35.5. The van der Waals surface area contributed by atoms with Crippen LogP contribution in [0.2, 0.25) is 15.3 Å². The van der Waals surface area contributed by atoms with Gasteiger partial charge in [-0.15, -0.1) is 0 Å². The summed E-state index contributed by atoms with van der Waals surface area (Å²) in [5.74, 6) is -0.542. The third-order valence-electron chi connectivity index (χ3n) is 4.65. The van der Waals surface area contributed by atoms with E-state index >= 15 is 0 Å². The molecular formula is C17H17Cl3N4O3. The molecule has 0 radical (unpaired) electrons. The number of Topliss-reactive ketones (excluding diaryl/α,β-unsaturated/α-hetero) is 1. The van der Waals surface area contributed by atoms with Crippen molar-refractivity contribution < 1.29 is 14.7 Å². The van der Waals surface area contributed by atoms with Gasteiger partial charge in [0.1, 0.15) is 11.5 Å². The first kappa shape index (κ1) is 19.9. The number of anilines is 1. The number of carboxylic acid groups (broad SMARTS) is 1. The minimum absolute atomic E-state index is 0.0632. The van der Waals surface area contributed by atoms with Crippen molar-refractivity contribution in [3.8, 4) is 0 Å². The van der Waals surface area contributed by atoms with Crippen LogP contribution >= 0.6 is 34.8 Å². The maximum Gasteiger partial charge on any atom is 0.354 e. The van der Waals surface area contributed by atoms with Crippen LogP contribution in [0, 0.1) is 12.8 Å². The quantitative estimate of drug-likeness (QED) is 0.542. The molecule has 0 unspecified atom stereocenters. The molecule has 0 atom stereocenters. The Kier molecular flexibility index (Phi) is 5.93. The lowest BCUT2D eigenvalue weighted by atomic mass is 9.91. The predicted molar refractivity (Wildman–Crippen MR) is 103 cm³/mol. The molecule has 1 fully saturated rings. The highest BCUT2D eigenvalue weighted by Gasteiger charge is 2.26. The van der Waals surface area contributed by atoms with E-state index in [2.05, 4.69) is 15.0 Å². The van der Waals surface area contributed by atoms with Crippen molar-refractivity contribution in [2.75, 3.05) is 18.0 Å². The number of ketones is 1. The molecule has 0 saturated carbocycles. The lowest BCUT2D eigenvalue weighted by Gasteiger charge is -2.32. The van der Waals surface area contributed by atoms with Crippen LogP contribution in [0.1, 0.15) is 45.9 Å². The maximum absolute atomic E-state index is 12.5. The number of aromatic carboxylic acids is 1. The van der Waals surface area contributed by atoms with E-state index in [9.17, 15) is 9.59 Å². The summed E-state index contributed by atoms with van der Waals surface area (Å²) in [5.41, 5.74) is 0.890. The Balaban J connectivity index is 1.63. The molecule has 0 spiro atoms. The normalized spacial score (nSPS) is 15.2. The van der Waals surface area contributed by atoms with Crippen LogP contribution in [-0.2, 0) is 0 Å². The van der Waals surface area contributed by atoms with Crippen molar-refractivity contribution in [1.82, 2.24) is 15.0 Å². The van der Waals surface area contributed by atoms with Crippen molar-refractivity contribution in [2.45, 2.75) is 26.2 Å². The number of nitrogens with one attached hydrogen (secondary N) is 1. The van der Waals surface area contributed by atoms with Gasteiger partial charge in [0.15, 0.2) is 11.5 Å². The minimum Gasteiger partial charge on any atom is -0.477 e. The number of aromatic nitrogens is 3. The summed E-state index contributed by atoms with van der Waals surface area (Å²) in [6, 6.07) is 1.41. The topological polar surface area (TPSA) is 99.2 Å². The van der Waals surface area contributed by atoms with E-state index in [1.807, 2.05) is 4.90 Å². The molecule has 10 heteroatoms. The van der Waals surface area contributed by atoms with Gasteiger partial charge in [0.2, 0.25) is 5.28 Å². The number of piperidine rings is 1. The highest BCUT2D eigenvalue weighted by Crippen LogP contribution is 2.32. The van der Waals surface area contributed by atoms with Gasteiger partial charge < -0.3 is 15.0 Å². The van der Waals surface area contributed by atoms with Crippen LogP contribution < -0.4 is 4.90 Å². The van der Waals surface area contributed by atoms with E-state index in [0.29, 0.717) is 41.7 Å². The van der Waals surface area contributed by atoms with Gasteiger partial charge in [-0.1, -0.05) is 23.2 Å². The molecule has 3 heterocycles. The standard InChI is InChI=1S/C17H17Cl3N4O3/c1-8-13(18)14(19)15(21-8)11(25)6-9-2-4-24(5-3-9)12-7-10(16(26)27)22-17(20)23-12/h7,9,21H,2-6H2,1H3,(H,26,27). The van der Waals surface area contributed by atoms with Crippen molar-refractivity contribution in [3.05, 3.63) is 38.5 Å². The Bertz CT molecular complexity index is 892. The van der Waals surface area contributed by atoms with Crippen LogP contribution in [0.5, 0.6) is 0 Å². The Morgan fingerprint density at radius 2 is 1.89 bits per heavy atom. The van der Waals surface area contributed by atoms with E-state index in [1.54, 1.807) is 6.92 Å². The fourth-order valence-corrected chi connectivity index (χ4v) is 3.79. The zero-order chi connectivity index (χ0) is 19.7. The number of hydrogen-bond acceptors (Lipinski definition) is 5. The summed E-state index contributed by atoms with van der Waals surface area (Å²) in [4.78, 5) is 36.3. The Labute approximate surface area is 170 Å². The highest BCUT2D eigenvalue weighted by molar-refractivity contribution is 6.44. The molecule has 1 saturated heterocycles. The van der Waals surface area contributed by atoms with Crippen LogP contribution in [0.25, 0.3) is 0 Å².